The maximum absolute atomic E-state index is 6.25. The largest absolute Gasteiger partial charge is 0.317 e. The van der Waals surface area contributed by atoms with Crippen LogP contribution in [0, 0.1) is 5.92 Å². The van der Waals surface area contributed by atoms with Crippen LogP contribution in [0.2, 0.25) is 5.02 Å². The summed E-state index contributed by atoms with van der Waals surface area (Å²) in [6.45, 7) is 11.8. The molecule has 0 spiro atoms. The summed E-state index contributed by atoms with van der Waals surface area (Å²) >= 11 is 6.25. The van der Waals surface area contributed by atoms with Crippen molar-refractivity contribution < 1.29 is 0 Å². The van der Waals surface area contributed by atoms with Gasteiger partial charge in [0, 0.05) is 12.5 Å². The van der Waals surface area contributed by atoms with Crippen molar-refractivity contribution in [3.8, 4) is 0 Å². The van der Waals surface area contributed by atoms with E-state index in [2.05, 4.69) is 42.8 Å². The molecule has 0 fully saturated rings. The number of hydrogen-bond donors (Lipinski definition) is 1. The number of halogens is 1. The van der Waals surface area contributed by atoms with E-state index in [0.717, 1.165) is 31.1 Å². The summed E-state index contributed by atoms with van der Waals surface area (Å²) < 4.78 is 2.05. The van der Waals surface area contributed by atoms with E-state index in [1.165, 1.54) is 5.69 Å². The van der Waals surface area contributed by atoms with Crippen molar-refractivity contribution in [1.82, 2.24) is 15.1 Å². The molecule has 3 nitrogen and oxygen atoms in total. The van der Waals surface area contributed by atoms with Gasteiger partial charge in [-0.3, -0.25) is 4.68 Å². The summed E-state index contributed by atoms with van der Waals surface area (Å²) in [5, 5.41) is 8.54. The lowest BCUT2D eigenvalue weighted by atomic mass is 9.92. The lowest BCUT2D eigenvalue weighted by molar-refractivity contribution is 0.423. The molecule has 1 aromatic rings. The molecule has 17 heavy (non-hydrogen) atoms. The van der Waals surface area contributed by atoms with Gasteiger partial charge in [0.2, 0.25) is 0 Å². The third kappa shape index (κ3) is 3.71. The third-order valence-corrected chi connectivity index (χ3v) is 3.56. The highest BCUT2D eigenvalue weighted by molar-refractivity contribution is 6.31. The first-order chi connectivity index (χ1) is 8.11. The molecule has 0 saturated heterocycles. The number of hydrogen-bond acceptors (Lipinski definition) is 2. The molecule has 0 amide bonds. The van der Waals surface area contributed by atoms with Crippen molar-refractivity contribution in [2.24, 2.45) is 5.92 Å². The summed E-state index contributed by atoms with van der Waals surface area (Å²) in [7, 11) is 0. The molecule has 0 saturated carbocycles. The minimum atomic E-state index is 0.426. The molecule has 1 N–H and O–H groups in total. The van der Waals surface area contributed by atoms with Crippen molar-refractivity contribution >= 4 is 11.6 Å². The highest BCUT2D eigenvalue weighted by Crippen LogP contribution is 2.29. The van der Waals surface area contributed by atoms with Gasteiger partial charge < -0.3 is 5.32 Å². The maximum Gasteiger partial charge on any atom is 0.0820 e. The Morgan fingerprint density at radius 1 is 1.41 bits per heavy atom. The molecular weight excluding hydrogens is 234 g/mol. The van der Waals surface area contributed by atoms with E-state index in [1.807, 2.05) is 0 Å². The molecule has 0 aliphatic rings. The SMILES string of the molecule is CCCn1ncc(Cl)c1C(C)C(C)CNCC. The highest BCUT2D eigenvalue weighted by Gasteiger charge is 2.21. The third-order valence-electron chi connectivity index (χ3n) is 3.27. The second kappa shape index (κ2) is 7.02. The van der Waals surface area contributed by atoms with E-state index in [9.17, 15) is 0 Å². The Bertz CT molecular complexity index is 335. The summed E-state index contributed by atoms with van der Waals surface area (Å²) in [4.78, 5) is 0. The molecule has 2 unspecified atom stereocenters. The van der Waals surface area contributed by atoms with Crippen molar-refractivity contribution in [2.75, 3.05) is 13.1 Å². The first kappa shape index (κ1) is 14.5. The fourth-order valence-corrected chi connectivity index (χ4v) is 2.35. The number of aromatic nitrogens is 2. The molecule has 2 atom stereocenters. The average Bonchev–Trinajstić information content (AvgIpc) is 2.67. The van der Waals surface area contributed by atoms with Gasteiger partial charge in [0.25, 0.3) is 0 Å². The second-order valence-corrected chi connectivity index (χ2v) is 5.08. The average molecular weight is 258 g/mol. The van der Waals surface area contributed by atoms with Crippen LogP contribution in [-0.4, -0.2) is 22.9 Å². The monoisotopic (exact) mass is 257 g/mol. The molecule has 0 radical (unpaired) electrons. The Hall–Kier alpha value is -0.540. The quantitative estimate of drug-likeness (QED) is 0.812. The number of rotatable bonds is 7. The van der Waals surface area contributed by atoms with Crippen LogP contribution in [0.4, 0.5) is 0 Å². The number of aryl methyl sites for hydroxylation is 1. The molecule has 4 heteroatoms. The maximum atomic E-state index is 6.25. The van der Waals surface area contributed by atoms with E-state index < -0.39 is 0 Å². The van der Waals surface area contributed by atoms with Crippen LogP contribution in [0.5, 0.6) is 0 Å². The molecule has 0 aromatic carbocycles. The Kier molecular flexibility index (Phi) is 6.00. The number of nitrogens with zero attached hydrogens (tertiary/aromatic N) is 2. The molecule has 1 rings (SSSR count). The zero-order chi connectivity index (χ0) is 12.8. The summed E-state index contributed by atoms with van der Waals surface area (Å²) in [6, 6.07) is 0. The van der Waals surface area contributed by atoms with Crippen molar-refractivity contribution in [1.29, 1.82) is 0 Å². The van der Waals surface area contributed by atoms with Crippen LogP contribution >= 0.6 is 11.6 Å². The van der Waals surface area contributed by atoms with Crippen molar-refractivity contribution in [3.05, 3.63) is 16.9 Å². The van der Waals surface area contributed by atoms with Gasteiger partial charge in [0.15, 0.2) is 0 Å². The van der Waals surface area contributed by atoms with Crippen molar-refractivity contribution in [2.45, 2.75) is 46.6 Å². The molecule has 1 aromatic heterocycles. The topological polar surface area (TPSA) is 29.9 Å². The van der Waals surface area contributed by atoms with Crippen molar-refractivity contribution in [3.63, 3.8) is 0 Å². The van der Waals surface area contributed by atoms with Gasteiger partial charge in [-0.2, -0.15) is 5.10 Å². The summed E-state index contributed by atoms with van der Waals surface area (Å²) in [6.07, 6.45) is 2.85. The van der Waals surface area contributed by atoms with Gasteiger partial charge in [-0.15, -0.1) is 0 Å². The Labute approximate surface area is 110 Å². The van der Waals surface area contributed by atoms with E-state index in [1.54, 1.807) is 6.20 Å². The van der Waals surface area contributed by atoms with E-state index in [-0.39, 0.29) is 0 Å². The lowest BCUT2D eigenvalue weighted by Crippen LogP contribution is -2.25. The first-order valence-electron chi connectivity index (χ1n) is 6.53. The normalized spacial score (nSPS) is 14.9. The van der Waals surface area contributed by atoms with Crippen LogP contribution < -0.4 is 5.32 Å². The van der Waals surface area contributed by atoms with Gasteiger partial charge in [-0.05, 0) is 25.4 Å². The smallest absolute Gasteiger partial charge is 0.0820 e. The van der Waals surface area contributed by atoms with Crippen LogP contribution in [0.15, 0.2) is 6.20 Å². The predicted molar refractivity (Wildman–Crippen MR) is 73.7 cm³/mol. The highest BCUT2D eigenvalue weighted by atomic mass is 35.5. The fraction of sp³-hybridized carbons (Fsp3) is 0.769. The Morgan fingerprint density at radius 3 is 2.71 bits per heavy atom. The molecule has 0 aliphatic heterocycles. The van der Waals surface area contributed by atoms with E-state index >= 15 is 0 Å². The zero-order valence-electron chi connectivity index (χ0n) is 11.3. The first-order valence-corrected chi connectivity index (χ1v) is 6.91. The lowest BCUT2D eigenvalue weighted by Gasteiger charge is -2.21. The van der Waals surface area contributed by atoms with Crippen LogP contribution in [-0.2, 0) is 6.54 Å². The Balaban J connectivity index is 2.78. The number of nitrogens with one attached hydrogen (secondary N) is 1. The van der Waals surface area contributed by atoms with E-state index in [4.69, 9.17) is 11.6 Å². The van der Waals surface area contributed by atoms with Crippen LogP contribution in [0.25, 0.3) is 0 Å². The van der Waals surface area contributed by atoms with Crippen LogP contribution in [0.3, 0.4) is 0 Å². The van der Waals surface area contributed by atoms with Crippen LogP contribution in [0.1, 0.15) is 45.7 Å². The van der Waals surface area contributed by atoms with Gasteiger partial charge >= 0.3 is 0 Å². The molecule has 0 bridgehead atoms. The fourth-order valence-electron chi connectivity index (χ4n) is 2.03. The minimum Gasteiger partial charge on any atom is -0.317 e. The second-order valence-electron chi connectivity index (χ2n) is 4.67. The predicted octanol–water partition coefficient (Wildman–Crippen LogP) is 3.30. The molecule has 1 heterocycles. The standard InChI is InChI=1S/C13H24ClN3/c1-5-7-17-13(12(14)9-16-17)11(4)10(3)8-15-6-2/h9-11,15H,5-8H2,1-4H3. The van der Waals surface area contributed by atoms with E-state index in [0.29, 0.717) is 11.8 Å². The van der Waals surface area contributed by atoms with Gasteiger partial charge in [0.1, 0.15) is 0 Å². The Morgan fingerprint density at radius 2 is 2.12 bits per heavy atom. The molecule has 98 valence electrons. The molecule has 0 aliphatic carbocycles. The zero-order valence-corrected chi connectivity index (χ0v) is 12.1. The molecular formula is C13H24ClN3. The summed E-state index contributed by atoms with van der Waals surface area (Å²) in [5.74, 6) is 0.982. The van der Waals surface area contributed by atoms with Gasteiger partial charge in [-0.25, -0.2) is 0 Å². The minimum absolute atomic E-state index is 0.426. The van der Waals surface area contributed by atoms with Gasteiger partial charge in [0.05, 0.1) is 16.9 Å². The van der Waals surface area contributed by atoms with Gasteiger partial charge in [-0.1, -0.05) is 39.3 Å². The summed E-state index contributed by atoms with van der Waals surface area (Å²) in [5.41, 5.74) is 1.18.